The van der Waals surface area contributed by atoms with Crippen molar-refractivity contribution in [2.75, 3.05) is 6.61 Å². The topological polar surface area (TPSA) is 81.8 Å². The summed E-state index contributed by atoms with van der Waals surface area (Å²) < 4.78 is 0. The number of pyridine rings is 1. The van der Waals surface area contributed by atoms with Crippen LogP contribution in [-0.2, 0) is 6.42 Å². The van der Waals surface area contributed by atoms with E-state index in [4.69, 9.17) is 28.2 Å². The Morgan fingerprint density at radius 1 is 1.18 bits per heavy atom. The third kappa shape index (κ3) is 5.00. The predicted octanol–water partition coefficient (Wildman–Crippen LogP) is 4.88. The molecule has 3 rings (SSSR count). The molecule has 0 radical (unpaired) electrons. The van der Waals surface area contributed by atoms with Crippen LogP contribution in [0.5, 0.6) is 0 Å². The van der Waals surface area contributed by atoms with E-state index in [0.29, 0.717) is 22.3 Å². The van der Waals surface area contributed by atoms with E-state index in [-0.39, 0.29) is 24.0 Å². The molecule has 0 aliphatic carbocycles. The van der Waals surface area contributed by atoms with Gasteiger partial charge in [-0.2, -0.15) is 0 Å². The maximum atomic E-state index is 11.5. The van der Waals surface area contributed by atoms with Crippen molar-refractivity contribution < 1.29 is 5.11 Å². The van der Waals surface area contributed by atoms with E-state index in [1.165, 1.54) is 17.8 Å². The fourth-order valence-corrected chi connectivity index (χ4v) is 4.83. The van der Waals surface area contributed by atoms with Gasteiger partial charge in [-0.25, -0.2) is 4.98 Å². The lowest BCUT2D eigenvalue weighted by atomic mass is 9.87. The van der Waals surface area contributed by atoms with Gasteiger partial charge in [0.15, 0.2) is 0 Å². The van der Waals surface area contributed by atoms with Crippen LogP contribution in [-0.4, -0.2) is 26.7 Å². The standard InChI is InChI=1S/C20H21Cl2N3O2S/c1-11(2)18(12-3-4-17(27)23-10-12)19-20(25-16(24-19)5-6-26)28-15-8-13(21)7-14(22)9-15/h3-4,7-11,18,26H,5-6H2,1-2H3,(H,23,27)(H,24,25). The van der Waals surface area contributed by atoms with Crippen molar-refractivity contribution in [3.05, 3.63) is 74.0 Å². The lowest BCUT2D eigenvalue weighted by Crippen LogP contribution is -2.13. The smallest absolute Gasteiger partial charge is 0.247 e. The molecular formula is C20H21Cl2N3O2S. The summed E-state index contributed by atoms with van der Waals surface area (Å²) in [5, 5.41) is 11.3. The maximum Gasteiger partial charge on any atom is 0.247 e. The maximum absolute atomic E-state index is 11.5. The lowest BCUT2D eigenvalue weighted by Gasteiger charge is -2.21. The minimum absolute atomic E-state index is 0.00501. The number of benzene rings is 1. The van der Waals surface area contributed by atoms with Crippen LogP contribution >= 0.6 is 35.0 Å². The van der Waals surface area contributed by atoms with Crippen molar-refractivity contribution in [1.29, 1.82) is 0 Å². The summed E-state index contributed by atoms with van der Waals surface area (Å²) in [7, 11) is 0. The fraction of sp³-hybridized carbons (Fsp3) is 0.300. The Kier molecular flexibility index (Phi) is 6.88. The number of hydrogen-bond donors (Lipinski definition) is 3. The highest BCUT2D eigenvalue weighted by molar-refractivity contribution is 7.99. The van der Waals surface area contributed by atoms with E-state index in [0.717, 1.165) is 21.2 Å². The molecule has 8 heteroatoms. The van der Waals surface area contributed by atoms with Crippen molar-refractivity contribution in [3.63, 3.8) is 0 Å². The van der Waals surface area contributed by atoms with Gasteiger partial charge in [0, 0.05) is 39.5 Å². The number of aromatic amines is 2. The van der Waals surface area contributed by atoms with Gasteiger partial charge in [0.05, 0.1) is 12.3 Å². The third-order valence-electron chi connectivity index (χ3n) is 4.29. The van der Waals surface area contributed by atoms with Crippen LogP contribution in [0.15, 0.2) is 51.2 Å². The van der Waals surface area contributed by atoms with Crippen molar-refractivity contribution >= 4 is 35.0 Å². The average molecular weight is 438 g/mol. The summed E-state index contributed by atoms with van der Waals surface area (Å²) >= 11 is 13.8. The summed E-state index contributed by atoms with van der Waals surface area (Å²) in [4.78, 5) is 23.2. The number of hydrogen-bond acceptors (Lipinski definition) is 4. The fourth-order valence-electron chi connectivity index (χ4n) is 3.13. The molecule has 1 atom stereocenters. The van der Waals surface area contributed by atoms with Gasteiger partial charge < -0.3 is 15.1 Å². The van der Waals surface area contributed by atoms with Gasteiger partial charge in [-0.05, 0) is 29.7 Å². The molecule has 1 unspecified atom stereocenters. The number of nitrogens with zero attached hydrogens (tertiary/aromatic N) is 1. The molecule has 0 saturated carbocycles. The third-order valence-corrected chi connectivity index (χ3v) is 5.70. The van der Waals surface area contributed by atoms with Crippen LogP contribution in [0.2, 0.25) is 10.0 Å². The molecule has 1 aromatic carbocycles. The second kappa shape index (κ2) is 9.18. The van der Waals surface area contributed by atoms with Gasteiger partial charge >= 0.3 is 0 Å². The van der Waals surface area contributed by atoms with Gasteiger partial charge in [0.25, 0.3) is 0 Å². The number of H-pyrrole nitrogens is 2. The first-order valence-corrected chi connectivity index (χ1v) is 10.5. The minimum atomic E-state index is -0.139. The Morgan fingerprint density at radius 2 is 1.89 bits per heavy atom. The first-order valence-electron chi connectivity index (χ1n) is 8.89. The normalized spacial score (nSPS) is 12.5. The van der Waals surface area contributed by atoms with E-state index < -0.39 is 0 Å². The van der Waals surface area contributed by atoms with Crippen LogP contribution in [0.1, 0.15) is 36.8 Å². The minimum Gasteiger partial charge on any atom is -0.396 e. The molecule has 148 valence electrons. The summed E-state index contributed by atoms with van der Waals surface area (Å²) in [6.45, 7) is 4.24. The van der Waals surface area contributed by atoms with Crippen molar-refractivity contribution in [1.82, 2.24) is 15.0 Å². The molecule has 2 aromatic heterocycles. The number of aromatic nitrogens is 3. The molecule has 0 bridgehead atoms. The molecule has 3 N–H and O–H groups in total. The van der Waals surface area contributed by atoms with Gasteiger partial charge in [0.2, 0.25) is 5.56 Å². The molecule has 5 nitrogen and oxygen atoms in total. The molecule has 0 aliphatic heterocycles. The van der Waals surface area contributed by atoms with E-state index >= 15 is 0 Å². The van der Waals surface area contributed by atoms with Gasteiger partial charge in [-0.15, -0.1) is 0 Å². The average Bonchev–Trinajstić information content (AvgIpc) is 2.98. The predicted molar refractivity (Wildman–Crippen MR) is 114 cm³/mol. The molecule has 0 aliphatic rings. The van der Waals surface area contributed by atoms with Crippen LogP contribution in [0, 0.1) is 5.92 Å². The van der Waals surface area contributed by atoms with E-state index in [9.17, 15) is 9.90 Å². The molecule has 0 spiro atoms. The molecule has 0 amide bonds. The van der Waals surface area contributed by atoms with Crippen LogP contribution in [0.25, 0.3) is 0 Å². The second-order valence-electron chi connectivity index (χ2n) is 6.79. The Morgan fingerprint density at radius 3 is 2.46 bits per heavy atom. The lowest BCUT2D eigenvalue weighted by molar-refractivity contribution is 0.297. The SMILES string of the molecule is CC(C)C(c1ccc(=O)[nH]c1)c1[nH]c(CCO)nc1Sc1cc(Cl)cc(Cl)c1. The first kappa shape index (κ1) is 21.0. The molecule has 2 heterocycles. The number of aliphatic hydroxyl groups is 1. The van der Waals surface area contributed by atoms with Crippen molar-refractivity contribution in [2.45, 2.75) is 36.1 Å². The summed E-state index contributed by atoms with van der Waals surface area (Å²) in [6.07, 6.45) is 2.17. The Hall–Kier alpha value is -1.73. The highest BCUT2D eigenvalue weighted by Gasteiger charge is 2.25. The molecule has 3 aromatic rings. The number of aliphatic hydroxyl groups excluding tert-OH is 1. The van der Waals surface area contributed by atoms with Crippen LogP contribution < -0.4 is 5.56 Å². The van der Waals surface area contributed by atoms with E-state index in [1.807, 2.05) is 18.2 Å². The zero-order chi connectivity index (χ0) is 20.3. The molecule has 0 fully saturated rings. The van der Waals surface area contributed by atoms with Gasteiger partial charge in [-0.1, -0.05) is 54.9 Å². The summed E-state index contributed by atoms with van der Waals surface area (Å²) in [5.74, 6) is 0.952. The number of imidazole rings is 1. The first-order chi connectivity index (χ1) is 13.4. The molecular weight excluding hydrogens is 417 g/mol. The van der Waals surface area contributed by atoms with Gasteiger partial charge in [-0.3, -0.25) is 4.79 Å². The van der Waals surface area contributed by atoms with Gasteiger partial charge in [0.1, 0.15) is 10.9 Å². The number of rotatable bonds is 7. The van der Waals surface area contributed by atoms with Crippen LogP contribution in [0.3, 0.4) is 0 Å². The van der Waals surface area contributed by atoms with E-state index in [2.05, 4.69) is 23.8 Å². The van der Waals surface area contributed by atoms with Crippen molar-refractivity contribution in [3.8, 4) is 0 Å². The Balaban J connectivity index is 2.06. The zero-order valence-corrected chi connectivity index (χ0v) is 17.8. The van der Waals surface area contributed by atoms with Crippen LogP contribution in [0.4, 0.5) is 0 Å². The summed E-state index contributed by atoms with van der Waals surface area (Å²) in [5.41, 5.74) is 1.78. The quantitative estimate of drug-likeness (QED) is 0.491. The number of halogens is 2. The molecule has 0 saturated heterocycles. The monoisotopic (exact) mass is 437 g/mol. The zero-order valence-electron chi connectivity index (χ0n) is 15.5. The van der Waals surface area contributed by atoms with Crippen molar-refractivity contribution in [2.24, 2.45) is 5.92 Å². The Bertz CT molecular complexity index is 976. The van der Waals surface area contributed by atoms with E-state index in [1.54, 1.807) is 12.3 Å². The highest BCUT2D eigenvalue weighted by atomic mass is 35.5. The largest absolute Gasteiger partial charge is 0.396 e. The molecule has 28 heavy (non-hydrogen) atoms. The highest BCUT2D eigenvalue weighted by Crippen LogP contribution is 2.39. The number of nitrogens with one attached hydrogen (secondary N) is 2. The second-order valence-corrected chi connectivity index (χ2v) is 8.73. The Labute approximate surface area is 177 Å². The summed E-state index contributed by atoms with van der Waals surface area (Å²) in [6, 6.07) is 8.73.